The van der Waals surface area contributed by atoms with Gasteiger partial charge in [-0.25, -0.2) is 4.39 Å². The van der Waals surface area contributed by atoms with Crippen molar-refractivity contribution in [3.8, 4) is 5.75 Å². The summed E-state index contributed by atoms with van der Waals surface area (Å²) in [5, 5.41) is 3.53. The molecule has 0 radical (unpaired) electrons. The van der Waals surface area contributed by atoms with Crippen LogP contribution in [-0.2, 0) is 0 Å². The molecule has 0 spiro atoms. The third-order valence-corrected chi connectivity index (χ3v) is 3.79. The molecule has 1 aliphatic rings. The standard InChI is InChI=1S/C16H25FN2O/c1-2-19(13-15-5-3-10-18-15)11-4-12-20-16-8-6-14(17)7-9-16/h6-9,15,18H,2-5,10-13H2,1H3. The van der Waals surface area contributed by atoms with E-state index in [1.165, 1.54) is 25.0 Å². The first kappa shape index (κ1) is 15.3. The van der Waals surface area contributed by atoms with E-state index >= 15 is 0 Å². The number of ether oxygens (including phenoxy) is 1. The largest absolute Gasteiger partial charge is 0.494 e. The van der Waals surface area contributed by atoms with Crippen LogP contribution in [0.15, 0.2) is 24.3 Å². The molecule has 1 aliphatic heterocycles. The SMILES string of the molecule is CCN(CCCOc1ccc(F)cc1)CC1CCCN1. The number of benzene rings is 1. The molecule has 0 aromatic heterocycles. The maximum atomic E-state index is 12.8. The van der Waals surface area contributed by atoms with Gasteiger partial charge in [0.25, 0.3) is 0 Å². The molecule has 3 nitrogen and oxygen atoms in total. The third-order valence-electron chi connectivity index (χ3n) is 3.79. The van der Waals surface area contributed by atoms with Crippen LogP contribution in [-0.4, -0.2) is 43.7 Å². The zero-order valence-electron chi connectivity index (χ0n) is 12.3. The van der Waals surface area contributed by atoms with E-state index in [1.807, 2.05) is 0 Å². The molecule has 1 atom stereocenters. The third kappa shape index (κ3) is 5.10. The Balaban J connectivity index is 1.62. The fourth-order valence-corrected chi connectivity index (χ4v) is 2.61. The van der Waals surface area contributed by atoms with E-state index in [0.717, 1.165) is 38.3 Å². The fraction of sp³-hybridized carbons (Fsp3) is 0.625. The number of halogens is 1. The smallest absolute Gasteiger partial charge is 0.123 e. The summed E-state index contributed by atoms with van der Waals surface area (Å²) in [5.74, 6) is 0.519. The Morgan fingerprint density at radius 1 is 1.35 bits per heavy atom. The minimum atomic E-state index is -0.224. The lowest BCUT2D eigenvalue weighted by Crippen LogP contribution is -2.38. The van der Waals surface area contributed by atoms with Crippen molar-refractivity contribution in [3.63, 3.8) is 0 Å². The van der Waals surface area contributed by atoms with Gasteiger partial charge in [0.1, 0.15) is 11.6 Å². The molecule has 4 heteroatoms. The Hall–Kier alpha value is -1.13. The maximum absolute atomic E-state index is 12.8. The molecule has 0 saturated carbocycles. The zero-order chi connectivity index (χ0) is 14.2. The number of hydrogen-bond donors (Lipinski definition) is 1. The fourth-order valence-electron chi connectivity index (χ4n) is 2.61. The van der Waals surface area contributed by atoms with Gasteiger partial charge in [0.2, 0.25) is 0 Å². The Kier molecular flexibility index (Phi) is 6.27. The van der Waals surface area contributed by atoms with Gasteiger partial charge in [0, 0.05) is 19.1 Å². The summed E-state index contributed by atoms with van der Waals surface area (Å²) < 4.78 is 18.4. The second-order valence-corrected chi connectivity index (χ2v) is 5.34. The van der Waals surface area contributed by atoms with Crippen LogP contribution in [0.2, 0.25) is 0 Å². The summed E-state index contributed by atoms with van der Waals surface area (Å²) >= 11 is 0. The van der Waals surface area contributed by atoms with Gasteiger partial charge in [-0.1, -0.05) is 6.92 Å². The summed E-state index contributed by atoms with van der Waals surface area (Å²) in [4.78, 5) is 2.47. The predicted octanol–water partition coefficient (Wildman–Crippen LogP) is 2.67. The molecule has 0 amide bonds. The van der Waals surface area contributed by atoms with E-state index in [4.69, 9.17) is 4.74 Å². The molecule has 1 aromatic rings. The topological polar surface area (TPSA) is 24.5 Å². The molecule has 1 heterocycles. The number of likely N-dealkylation sites (N-methyl/N-ethyl adjacent to an activating group) is 1. The minimum Gasteiger partial charge on any atom is -0.494 e. The molecule has 1 N–H and O–H groups in total. The molecule has 1 unspecified atom stereocenters. The Bertz CT molecular complexity index is 377. The van der Waals surface area contributed by atoms with Gasteiger partial charge in [-0.2, -0.15) is 0 Å². The summed E-state index contributed by atoms with van der Waals surface area (Å²) in [6.45, 7) is 7.31. The van der Waals surface area contributed by atoms with Crippen LogP contribution >= 0.6 is 0 Å². The summed E-state index contributed by atoms with van der Waals surface area (Å²) in [5.41, 5.74) is 0. The molecule has 1 fully saturated rings. The van der Waals surface area contributed by atoms with Gasteiger partial charge in [-0.05, 0) is 56.6 Å². The van der Waals surface area contributed by atoms with Crippen LogP contribution in [0, 0.1) is 5.82 Å². The van der Waals surface area contributed by atoms with Crippen molar-refractivity contribution >= 4 is 0 Å². The van der Waals surface area contributed by atoms with E-state index in [2.05, 4.69) is 17.1 Å². The lowest BCUT2D eigenvalue weighted by Gasteiger charge is -2.24. The van der Waals surface area contributed by atoms with Gasteiger partial charge in [-0.15, -0.1) is 0 Å². The predicted molar refractivity (Wildman–Crippen MR) is 79.7 cm³/mol. The number of nitrogens with zero attached hydrogens (tertiary/aromatic N) is 1. The number of hydrogen-bond acceptors (Lipinski definition) is 3. The zero-order valence-corrected chi connectivity index (χ0v) is 12.3. The highest BCUT2D eigenvalue weighted by Crippen LogP contribution is 2.11. The van der Waals surface area contributed by atoms with Crippen LogP contribution in [0.1, 0.15) is 26.2 Å². The van der Waals surface area contributed by atoms with Crippen molar-refractivity contribution in [2.24, 2.45) is 0 Å². The molecule has 20 heavy (non-hydrogen) atoms. The minimum absolute atomic E-state index is 0.224. The Morgan fingerprint density at radius 2 is 2.15 bits per heavy atom. The quantitative estimate of drug-likeness (QED) is 0.741. The molecule has 2 rings (SSSR count). The monoisotopic (exact) mass is 280 g/mol. The highest BCUT2D eigenvalue weighted by molar-refractivity contribution is 5.21. The lowest BCUT2D eigenvalue weighted by molar-refractivity contribution is 0.227. The Morgan fingerprint density at radius 3 is 2.80 bits per heavy atom. The Labute approximate surface area is 121 Å². The van der Waals surface area contributed by atoms with Gasteiger partial charge >= 0.3 is 0 Å². The van der Waals surface area contributed by atoms with E-state index in [-0.39, 0.29) is 5.82 Å². The molecule has 0 aliphatic carbocycles. The van der Waals surface area contributed by atoms with Crippen molar-refractivity contribution in [2.75, 3.05) is 32.8 Å². The first-order valence-corrected chi connectivity index (χ1v) is 7.62. The van der Waals surface area contributed by atoms with E-state index in [0.29, 0.717) is 12.6 Å². The van der Waals surface area contributed by atoms with E-state index < -0.39 is 0 Å². The van der Waals surface area contributed by atoms with Crippen LogP contribution in [0.5, 0.6) is 5.75 Å². The van der Waals surface area contributed by atoms with Crippen molar-refractivity contribution in [2.45, 2.75) is 32.2 Å². The van der Waals surface area contributed by atoms with Crippen molar-refractivity contribution in [3.05, 3.63) is 30.1 Å². The van der Waals surface area contributed by atoms with Crippen LogP contribution < -0.4 is 10.1 Å². The lowest BCUT2D eigenvalue weighted by atomic mass is 10.2. The molecule has 112 valence electrons. The highest BCUT2D eigenvalue weighted by Gasteiger charge is 2.16. The first-order valence-electron chi connectivity index (χ1n) is 7.62. The summed E-state index contributed by atoms with van der Waals surface area (Å²) in [6, 6.07) is 6.87. The average Bonchev–Trinajstić information content (AvgIpc) is 2.97. The number of nitrogens with one attached hydrogen (secondary N) is 1. The van der Waals surface area contributed by atoms with Crippen LogP contribution in [0.3, 0.4) is 0 Å². The number of rotatable bonds is 8. The summed E-state index contributed by atoms with van der Waals surface area (Å²) in [7, 11) is 0. The van der Waals surface area contributed by atoms with Gasteiger partial charge in [0.15, 0.2) is 0 Å². The molecular formula is C16H25FN2O. The first-order chi connectivity index (χ1) is 9.78. The summed E-state index contributed by atoms with van der Waals surface area (Å²) in [6.07, 6.45) is 3.59. The molecule has 1 saturated heterocycles. The van der Waals surface area contributed by atoms with E-state index in [1.54, 1.807) is 12.1 Å². The second kappa shape index (κ2) is 8.22. The van der Waals surface area contributed by atoms with Crippen LogP contribution in [0.25, 0.3) is 0 Å². The normalized spacial score (nSPS) is 18.6. The van der Waals surface area contributed by atoms with Gasteiger partial charge < -0.3 is 15.0 Å². The molecule has 1 aromatic carbocycles. The maximum Gasteiger partial charge on any atom is 0.123 e. The highest BCUT2D eigenvalue weighted by atomic mass is 19.1. The average molecular weight is 280 g/mol. The van der Waals surface area contributed by atoms with Crippen molar-refractivity contribution < 1.29 is 9.13 Å². The van der Waals surface area contributed by atoms with Crippen LogP contribution in [0.4, 0.5) is 4.39 Å². The van der Waals surface area contributed by atoms with Gasteiger partial charge in [0.05, 0.1) is 6.61 Å². The molecule has 0 bridgehead atoms. The molecular weight excluding hydrogens is 255 g/mol. The van der Waals surface area contributed by atoms with Gasteiger partial charge in [-0.3, -0.25) is 0 Å². The van der Waals surface area contributed by atoms with Crippen molar-refractivity contribution in [1.29, 1.82) is 0 Å². The van der Waals surface area contributed by atoms with Crippen molar-refractivity contribution in [1.82, 2.24) is 10.2 Å². The van der Waals surface area contributed by atoms with E-state index in [9.17, 15) is 4.39 Å². The second-order valence-electron chi connectivity index (χ2n) is 5.34.